The molecular formula is C14H16BrN3. The van der Waals surface area contributed by atoms with E-state index < -0.39 is 0 Å². The standard InChI is InChI=1S/C14H16BrN3/c1-9(10-2-3-10)18-14(16)8-13(17-18)11-4-6-12(15)7-5-11/h4-10H,2-3,16H2,1H3. The molecule has 3 rings (SSSR count). The number of nitrogen functional groups attached to an aromatic ring is 1. The fraction of sp³-hybridized carbons (Fsp3) is 0.357. The van der Waals surface area contributed by atoms with Crippen molar-refractivity contribution in [2.24, 2.45) is 5.92 Å². The molecule has 1 aromatic heterocycles. The van der Waals surface area contributed by atoms with Crippen molar-refractivity contribution in [3.8, 4) is 11.3 Å². The molecule has 1 atom stereocenters. The van der Waals surface area contributed by atoms with Gasteiger partial charge in [-0.15, -0.1) is 0 Å². The molecule has 0 spiro atoms. The fourth-order valence-electron chi connectivity index (χ4n) is 2.28. The first-order valence-electron chi connectivity index (χ1n) is 6.26. The summed E-state index contributed by atoms with van der Waals surface area (Å²) in [5.74, 6) is 1.51. The molecule has 0 radical (unpaired) electrons. The topological polar surface area (TPSA) is 43.8 Å². The third kappa shape index (κ3) is 2.17. The summed E-state index contributed by atoms with van der Waals surface area (Å²) in [7, 11) is 0. The van der Waals surface area contributed by atoms with Gasteiger partial charge >= 0.3 is 0 Å². The van der Waals surface area contributed by atoms with E-state index in [2.05, 4.69) is 40.1 Å². The number of benzene rings is 1. The molecule has 1 saturated carbocycles. The van der Waals surface area contributed by atoms with Crippen molar-refractivity contribution in [1.82, 2.24) is 9.78 Å². The second-order valence-corrected chi connectivity index (χ2v) is 5.90. The molecule has 2 N–H and O–H groups in total. The van der Waals surface area contributed by atoms with E-state index in [0.29, 0.717) is 6.04 Å². The maximum atomic E-state index is 6.07. The van der Waals surface area contributed by atoms with Gasteiger partial charge in [-0.25, -0.2) is 4.68 Å². The molecule has 1 aliphatic carbocycles. The maximum Gasteiger partial charge on any atom is 0.122 e. The highest BCUT2D eigenvalue weighted by molar-refractivity contribution is 9.10. The average molecular weight is 306 g/mol. The normalized spacial score (nSPS) is 16.8. The number of hydrogen-bond acceptors (Lipinski definition) is 2. The van der Waals surface area contributed by atoms with Crippen LogP contribution in [0, 0.1) is 5.92 Å². The van der Waals surface area contributed by atoms with E-state index in [1.807, 2.05) is 22.9 Å². The highest BCUT2D eigenvalue weighted by Crippen LogP contribution is 2.40. The molecule has 1 aliphatic rings. The molecular weight excluding hydrogens is 290 g/mol. The van der Waals surface area contributed by atoms with Gasteiger partial charge in [-0.1, -0.05) is 28.1 Å². The molecule has 3 nitrogen and oxygen atoms in total. The van der Waals surface area contributed by atoms with Crippen LogP contribution in [0.25, 0.3) is 11.3 Å². The Hall–Kier alpha value is -1.29. The lowest BCUT2D eigenvalue weighted by molar-refractivity contribution is 0.447. The number of anilines is 1. The predicted octanol–water partition coefficient (Wildman–Crippen LogP) is 3.87. The van der Waals surface area contributed by atoms with Crippen LogP contribution in [0.2, 0.25) is 0 Å². The molecule has 1 unspecified atom stereocenters. The lowest BCUT2D eigenvalue weighted by Gasteiger charge is -2.12. The third-order valence-electron chi connectivity index (χ3n) is 3.59. The summed E-state index contributed by atoms with van der Waals surface area (Å²) in [6, 6.07) is 10.5. The van der Waals surface area contributed by atoms with Gasteiger partial charge in [-0.2, -0.15) is 5.10 Å². The van der Waals surface area contributed by atoms with E-state index in [1.54, 1.807) is 0 Å². The van der Waals surface area contributed by atoms with Crippen molar-refractivity contribution in [2.45, 2.75) is 25.8 Å². The van der Waals surface area contributed by atoms with Crippen LogP contribution in [0.5, 0.6) is 0 Å². The number of rotatable bonds is 3. The van der Waals surface area contributed by atoms with Gasteiger partial charge in [0.15, 0.2) is 0 Å². The van der Waals surface area contributed by atoms with Gasteiger partial charge in [0.05, 0.1) is 11.7 Å². The van der Waals surface area contributed by atoms with Crippen LogP contribution in [0.4, 0.5) is 5.82 Å². The summed E-state index contributed by atoms with van der Waals surface area (Å²) in [5, 5.41) is 4.65. The molecule has 0 amide bonds. The maximum absolute atomic E-state index is 6.07. The van der Waals surface area contributed by atoms with Crippen LogP contribution < -0.4 is 5.73 Å². The molecule has 0 aliphatic heterocycles. The van der Waals surface area contributed by atoms with Crippen LogP contribution in [0.3, 0.4) is 0 Å². The summed E-state index contributed by atoms with van der Waals surface area (Å²) in [5.41, 5.74) is 8.12. The quantitative estimate of drug-likeness (QED) is 0.935. The van der Waals surface area contributed by atoms with Crippen LogP contribution in [0.1, 0.15) is 25.8 Å². The Morgan fingerprint density at radius 3 is 2.61 bits per heavy atom. The lowest BCUT2D eigenvalue weighted by atomic mass is 10.2. The number of aromatic nitrogens is 2. The molecule has 4 heteroatoms. The van der Waals surface area contributed by atoms with Gasteiger partial charge in [-0.05, 0) is 37.8 Å². The Morgan fingerprint density at radius 1 is 1.33 bits per heavy atom. The Morgan fingerprint density at radius 2 is 2.00 bits per heavy atom. The van der Waals surface area contributed by atoms with Crippen molar-refractivity contribution in [2.75, 3.05) is 5.73 Å². The van der Waals surface area contributed by atoms with Gasteiger partial charge in [0.1, 0.15) is 5.82 Å². The number of hydrogen-bond donors (Lipinski definition) is 1. The summed E-state index contributed by atoms with van der Waals surface area (Å²) < 4.78 is 3.04. The Labute approximate surface area is 115 Å². The van der Waals surface area contributed by atoms with Crippen molar-refractivity contribution < 1.29 is 0 Å². The summed E-state index contributed by atoms with van der Waals surface area (Å²) >= 11 is 3.44. The van der Waals surface area contributed by atoms with Gasteiger partial charge in [-0.3, -0.25) is 0 Å². The van der Waals surface area contributed by atoms with Gasteiger partial charge in [0.25, 0.3) is 0 Å². The molecule has 0 saturated heterocycles. The first-order valence-corrected chi connectivity index (χ1v) is 7.05. The molecule has 2 aromatic rings. The lowest BCUT2D eigenvalue weighted by Crippen LogP contribution is -2.11. The highest BCUT2D eigenvalue weighted by atomic mass is 79.9. The zero-order valence-corrected chi connectivity index (χ0v) is 11.9. The second-order valence-electron chi connectivity index (χ2n) is 4.98. The van der Waals surface area contributed by atoms with E-state index in [4.69, 9.17) is 5.73 Å². The van der Waals surface area contributed by atoms with Crippen molar-refractivity contribution >= 4 is 21.7 Å². The number of nitrogens with two attached hydrogens (primary N) is 1. The van der Waals surface area contributed by atoms with Gasteiger partial charge in [0, 0.05) is 16.1 Å². The SMILES string of the molecule is CC(C1CC1)n1nc(-c2ccc(Br)cc2)cc1N. The van der Waals surface area contributed by atoms with Crippen LogP contribution in [0.15, 0.2) is 34.8 Å². The molecule has 94 valence electrons. The van der Waals surface area contributed by atoms with Crippen LogP contribution in [-0.4, -0.2) is 9.78 Å². The summed E-state index contributed by atoms with van der Waals surface area (Å²) in [6.45, 7) is 2.20. The molecule has 1 aromatic carbocycles. The zero-order valence-electron chi connectivity index (χ0n) is 10.3. The van der Waals surface area contributed by atoms with Gasteiger partial charge in [0.2, 0.25) is 0 Å². The fourth-order valence-corrected chi connectivity index (χ4v) is 2.54. The minimum atomic E-state index is 0.411. The predicted molar refractivity (Wildman–Crippen MR) is 77.2 cm³/mol. The van der Waals surface area contributed by atoms with Crippen LogP contribution in [-0.2, 0) is 0 Å². The van der Waals surface area contributed by atoms with Crippen molar-refractivity contribution in [1.29, 1.82) is 0 Å². The summed E-state index contributed by atoms with van der Waals surface area (Å²) in [6.07, 6.45) is 2.60. The number of nitrogens with zero attached hydrogens (tertiary/aromatic N) is 2. The first-order chi connectivity index (χ1) is 8.65. The molecule has 1 fully saturated rings. The Balaban J connectivity index is 1.93. The zero-order chi connectivity index (χ0) is 12.7. The average Bonchev–Trinajstić information content (AvgIpc) is 3.13. The monoisotopic (exact) mass is 305 g/mol. The molecule has 0 bridgehead atoms. The summed E-state index contributed by atoms with van der Waals surface area (Å²) in [4.78, 5) is 0. The Kier molecular flexibility index (Phi) is 2.90. The van der Waals surface area contributed by atoms with E-state index in [-0.39, 0.29) is 0 Å². The van der Waals surface area contributed by atoms with E-state index in [0.717, 1.165) is 27.5 Å². The molecule has 18 heavy (non-hydrogen) atoms. The van der Waals surface area contributed by atoms with Crippen molar-refractivity contribution in [3.63, 3.8) is 0 Å². The smallest absolute Gasteiger partial charge is 0.122 e. The minimum absolute atomic E-state index is 0.411. The largest absolute Gasteiger partial charge is 0.384 e. The number of halogens is 1. The third-order valence-corrected chi connectivity index (χ3v) is 4.12. The Bertz CT molecular complexity index is 555. The van der Waals surface area contributed by atoms with Crippen LogP contribution >= 0.6 is 15.9 Å². The first kappa shape index (κ1) is 11.8. The van der Waals surface area contributed by atoms with E-state index in [1.165, 1.54) is 12.8 Å². The van der Waals surface area contributed by atoms with Crippen molar-refractivity contribution in [3.05, 3.63) is 34.8 Å². The minimum Gasteiger partial charge on any atom is -0.384 e. The highest BCUT2D eigenvalue weighted by Gasteiger charge is 2.30. The second kappa shape index (κ2) is 4.43. The van der Waals surface area contributed by atoms with E-state index in [9.17, 15) is 0 Å². The van der Waals surface area contributed by atoms with Gasteiger partial charge < -0.3 is 5.73 Å². The molecule has 1 heterocycles. The van der Waals surface area contributed by atoms with E-state index >= 15 is 0 Å².